The monoisotopic (exact) mass is 360 g/mol. The second-order valence-electron chi connectivity index (χ2n) is 6.05. The summed E-state index contributed by atoms with van der Waals surface area (Å²) in [5, 5.41) is 3.16. The molecule has 0 unspecified atom stereocenters. The van der Waals surface area contributed by atoms with Crippen molar-refractivity contribution in [2.45, 2.75) is 13.5 Å². The van der Waals surface area contributed by atoms with E-state index >= 15 is 0 Å². The summed E-state index contributed by atoms with van der Waals surface area (Å²) < 4.78 is 2.04. The van der Waals surface area contributed by atoms with Crippen LogP contribution in [0.1, 0.15) is 12.5 Å². The summed E-state index contributed by atoms with van der Waals surface area (Å²) in [5.41, 5.74) is 2.01. The van der Waals surface area contributed by atoms with Crippen LogP contribution in [-0.4, -0.2) is 27.4 Å². The number of benzene rings is 1. The molecule has 4 rings (SSSR count). The number of carbonyl (C=O) groups is 3. The molecule has 134 valence electrons. The number of aryl methyl sites for hydroxylation is 1. The third-order valence-electron chi connectivity index (χ3n) is 4.48. The highest BCUT2D eigenvalue weighted by Crippen LogP contribution is 2.26. The topological polar surface area (TPSA) is 84.3 Å². The molecule has 3 heterocycles. The fraction of sp³-hybridized carbons (Fsp3) is 0.100. The minimum absolute atomic E-state index is 0.0922. The van der Waals surface area contributed by atoms with Crippen LogP contribution >= 0.6 is 0 Å². The van der Waals surface area contributed by atoms with Gasteiger partial charge in [-0.25, -0.2) is 9.69 Å². The first-order valence-electron chi connectivity index (χ1n) is 8.49. The van der Waals surface area contributed by atoms with Crippen LogP contribution in [0, 0.1) is 0 Å². The molecule has 1 aromatic carbocycles. The maximum Gasteiger partial charge on any atom is 0.335 e. The highest BCUT2D eigenvalue weighted by atomic mass is 16.2. The molecule has 0 radical (unpaired) electrons. The molecule has 0 saturated carbocycles. The third-order valence-corrected chi connectivity index (χ3v) is 4.48. The zero-order valence-electron chi connectivity index (χ0n) is 14.5. The Morgan fingerprint density at radius 1 is 1.07 bits per heavy atom. The molecule has 2 aromatic heterocycles. The first-order valence-corrected chi connectivity index (χ1v) is 8.49. The van der Waals surface area contributed by atoms with Crippen LogP contribution in [0.2, 0.25) is 0 Å². The molecule has 1 aliphatic rings. The molecule has 1 fully saturated rings. The van der Waals surface area contributed by atoms with Crippen molar-refractivity contribution in [2.24, 2.45) is 0 Å². The van der Waals surface area contributed by atoms with Crippen LogP contribution in [0.4, 0.5) is 10.5 Å². The fourth-order valence-electron chi connectivity index (χ4n) is 3.19. The SMILES string of the molecule is CCn1cc(/C=C2\C(=O)NC(=O)N(c3ccncc3)C2=O)c2ccccc21. The summed E-state index contributed by atoms with van der Waals surface area (Å²) in [6.45, 7) is 2.77. The van der Waals surface area contributed by atoms with E-state index in [1.807, 2.05) is 42.0 Å². The number of aromatic nitrogens is 2. The molecular weight excluding hydrogens is 344 g/mol. The maximum absolute atomic E-state index is 12.9. The summed E-state index contributed by atoms with van der Waals surface area (Å²) in [6, 6.07) is 10.1. The Hall–Kier alpha value is -3.74. The normalized spacial score (nSPS) is 16.3. The van der Waals surface area contributed by atoms with Gasteiger partial charge in [-0.15, -0.1) is 0 Å². The molecule has 7 heteroatoms. The zero-order valence-corrected chi connectivity index (χ0v) is 14.5. The predicted molar refractivity (Wildman–Crippen MR) is 101 cm³/mol. The first kappa shape index (κ1) is 16.7. The van der Waals surface area contributed by atoms with E-state index in [2.05, 4.69) is 10.3 Å². The Balaban J connectivity index is 1.82. The molecule has 7 nitrogen and oxygen atoms in total. The lowest BCUT2D eigenvalue weighted by atomic mass is 10.1. The second-order valence-corrected chi connectivity index (χ2v) is 6.05. The van der Waals surface area contributed by atoms with Gasteiger partial charge in [-0.2, -0.15) is 0 Å². The lowest BCUT2D eigenvalue weighted by Crippen LogP contribution is -2.54. The lowest BCUT2D eigenvalue weighted by molar-refractivity contribution is -0.122. The summed E-state index contributed by atoms with van der Waals surface area (Å²) in [7, 11) is 0. The predicted octanol–water partition coefficient (Wildman–Crippen LogP) is 2.72. The molecule has 1 aliphatic heterocycles. The van der Waals surface area contributed by atoms with E-state index in [9.17, 15) is 14.4 Å². The quantitative estimate of drug-likeness (QED) is 0.575. The largest absolute Gasteiger partial charge is 0.347 e. The van der Waals surface area contributed by atoms with Crippen molar-refractivity contribution in [1.29, 1.82) is 0 Å². The molecule has 1 N–H and O–H groups in total. The average Bonchev–Trinajstić information content (AvgIpc) is 3.04. The number of carbonyl (C=O) groups excluding carboxylic acids is 3. The Labute approximate surface area is 154 Å². The molecule has 0 bridgehead atoms. The van der Waals surface area contributed by atoms with E-state index in [0.717, 1.165) is 27.9 Å². The highest BCUT2D eigenvalue weighted by molar-refractivity contribution is 6.39. The molecule has 0 spiro atoms. The van der Waals surface area contributed by atoms with Crippen molar-refractivity contribution in [3.63, 3.8) is 0 Å². The van der Waals surface area contributed by atoms with Crippen LogP contribution in [0.3, 0.4) is 0 Å². The maximum atomic E-state index is 12.9. The fourth-order valence-corrected chi connectivity index (χ4v) is 3.19. The molecule has 0 aliphatic carbocycles. The van der Waals surface area contributed by atoms with Gasteiger partial charge in [-0.05, 0) is 31.2 Å². The van der Waals surface area contributed by atoms with E-state index in [-0.39, 0.29) is 5.57 Å². The van der Waals surface area contributed by atoms with Gasteiger partial charge in [0.1, 0.15) is 5.57 Å². The van der Waals surface area contributed by atoms with Gasteiger partial charge in [0.05, 0.1) is 5.69 Å². The zero-order chi connectivity index (χ0) is 19.0. The van der Waals surface area contributed by atoms with Crippen molar-refractivity contribution >= 4 is 40.5 Å². The molecule has 27 heavy (non-hydrogen) atoms. The average molecular weight is 360 g/mol. The number of barbiturate groups is 1. The van der Waals surface area contributed by atoms with Gasteiger partial charge in [0, 0.05) is 41.6 Å². The van der Waals surface area contributed by atoms with Crippen molar-refractivity contribution in [2.75, 3.05) is 4.90 Å². The Morgan fingerprint density at radius 3 is 2.56 bits per heavy atom. The molecular formula is C20H16N4O3. The minimum Gasteiger partial charge on any atom is -0.347 e. The number of nitrogens with zero attached hydrogens (tertiary/aromatic N) is 3. The summed E-state index contributed by atoms with van der Waals surface area (Å²) in [6.07, 6.45) is 6.38. The van der Waals surface area contributed by atoms with Gasteiger partial charge in [0.2, 0.25) is 0 Å². The number of pyridine rings is 1. The van der Waals surface area contributed by atoms with Crippen molar-refractivity contribution < 1.29 is 14.4 Å². The number of nitrogens with one attached hydrogen (secondary N) is 1. The van der Waals surface area contributed by atoms with Crippen LogP contribution in [0.25, 0.3) is 17.0 Å². The number of hydrogen-bond acceptors (Lipinski definition) is 4. The van der Waals surface area contributed by atoms with Crippen LogP contribution in [-0.2, 0) is 16.1 Å². The Kier molecular flexibility index (Phi) is 4.04. The smallest absolute Gasteiger partial charge is 0.335 e. The van der Waals surface area contributed by atoms with Crippen LogP contribution in [0.15, 0.2) is 60.6 Å². The van der Waals surface area contributed by atoms with E-state index < -0.39 is 17.8 Å². The second kappa shape index (κ2) is 6.53. The number of hydrogen-bond donors (Lipinski definition) is 1. The van der Waals surface area contributed by atoms with E-state index in [4.69, 9.17) is 0 Å². The number of urea groups is 1. The molecule has 3 aromatic rings. The van der Waals surface area contributed by atoms with E-state index in [1.165, 1.54) is 30.6 Å². The number of amides is 4. The van der Waals surface area contributed by atoms with E-state index in [1.54, 1.807) is 0 Å². The third kappa shape index (κ3) is 2.79. The molecule has 4 amide bonds. The Morgan fingerprint density at radius 2 is 1.81 bits per heavy atom. The Bertz CT molecular complexity index is 1100. The number of rotatable bonds is 3. The van der Waals surface area contributed by atoms with Crippen molar-refractivity contribution in [1.82, 2.24) is 14.9 Å². The first-order chi connectivity index (χ1) is 13.1. The highest BCUT2D eigenvalue weighted by Gasteiger charge is 2.36. The number of fused-ring (bicyclic) bond motifs is 1. The molecule has 1 saturated heterocycles. The lowest BCUT2D eigenvalue weighted by Gasteiger charge is -2.26. The van der Waals surface area contributed by atoms with Gasteiger partial charge in [0.15, 0.2) is 0 Å². The summed E-state index contributed by atoms with van der Waals surface area (Å²) in [4.78, 5) is 42.3. The molecule has 0 atom stereocenters. The van der Waals surface area contributed by atoms with Crippen molar-refractivity contribution in [3.8, 4) is 0 Å². The number of para-hydroxylation sites is 1. The summed E-state index contributed by atoms with van der Waals surface area (Å²) >= 11 is 0. The number of anilines is 1. The van der Waals surface area contributed by atoms with Crippen LogP contribution < -0.4 is 10.2 Å². The van der Waals surface area contributed by atoms with Gasteiger partial charge < -0.3 is 4.57 Å². The number of imide groups is 2. The van der Waals surface area contributed by atoms with Gasteiger partial charge >= 0.3 is 6.03 Å². The van der Waals surface area contributed by atoms with Gasteiger partial charge in [-0.3, -0.25) is 19.9 Å². The van der Waals surface area contributed by atoms with Gasteiger partial charge in [-0.1, -0.05) is 18.2 Å². The van der Waals surface area contributed by atoms with Crippen molar-refractivity contribution in [3.05, 3.63) is 66.1 Å². The standard InChI is InChI=1S/C20H16N4O3/c1-2-23-12-13(15-5-3-4-6-17(15)23)11-16-18(25)22-20(27)24(19(16)26)14-7-9-21-10-8-14/h3-12H,2H2,1H3,(H,22,25,27)/b16-11+. The van der Waals surface area contributed by atoms with Gasteiger partial charge in [0.25, 0.3) is 11.8 Å². The van der Waals surface area contributed by atoms with Crippen LogP contribution in [0.5, 0.6) is 0 Å². The minimum atomic E-state index is -0.774. The summed E-state index contributed by atoms with van der Waals surface area (Å²) in [5.74, 6) is -1.37. The van der Waals surface area contributed by atoms with E-state index in [0.29, 0.717) is 5.69 Å².